The Balaban J connectivity index is 0.000000980. The van der Waals surface area contributed by atoms with Gasteiger partial charge in [0.1, 0.15) is 5.60 Å². The summed E-state index contributed by atoms with van der Waals surface area (Å²) in [5.74, 6) is 0. The molecule has 2 N–H and O–H groups in total. The Morgan fingerprint density at radius 2 is 2.00 bits per heavy atom. The third-order valence-corrected chi connectivity index (χ3v) is 2.24. The predicted octanol–water partition coefficient (Wildman–Crippen LogP) is 0.927. The fourth-order valence-electron chi connectivity index (χ4n) is 1.47. The van der Waals surface area contributed by atoms with Crippen molar-refractivity contribution >= 4 is 18.7 Å². The summed E-state index contributed by atoms with van der Waals surface area (Å²) >= 11 is 0. The lowest BCUT2D eigenvalue weighted by Gasteiger charge is -2.29. The molecule has 0 bridgehead atoms. The highest BCUT2D eigenvalue weighted by molar-refractivity contribution is 5.85. The van der Waals surface area contributed by atoms with Crippen molar-refractivity contribution in [2.75, 3.05) is 13.1 Å². The van der Waals surface area contributed by atoms with Crippen molar-refractivity contribution < 1.29 is 5.11 Å². The minimum atomic E-state index is -0.837. The molecular weight excluding hydrogens is 200 g/mol. The van der Waals surface area contributed by atoms with Gasteiger partial charge in [0.05, 0.1) is 19.4 Å². The van der Waals surface area contributed by atoms with Gasteiger partial charge >= 0.3 is 0 Å². The molecule has 3 nitrogen and oxygen atoms in total. The zero-order valence-electron chi connectivity index (χ0n) is 7.68. The Hall–Kier alpha value is -1.06. The van der Waals surface area contributed by atoms with Crippen LogP contribution in [0.15, 0.2) is 35.3 Å². The molecular formula is C10H13ClN2O. The second kappa shape index (κ2) is 4.44. The van der Waals surface area contributed by atoms with Crippen LogP contribution in [-0.2, 0) is 5.60 Å². The van der Waals surface area contributed by atoms with Gasteiger partial charge in [-0.25, -0.2) is 0 Å². The van der Waals surface area contributed by atoms with Crippen molar-refractivity contribution in [3.05, 3.63) is 35.9 Å². The first-order valence-corrected chi connectivity index (χ1v) is 4.31. The van der Waals surface area contributed by atoms with Crippen molar-refractivity contribution in [2.45, 2.75) is 5.60 Å². The van der Waals surface area contributed by atoms with Gasteiger partial charge < -0.3 is 10.4 Å². The van der Waals surface area contributed by atoms with Crippen molar-refractivity contribution in [2.24, 2.45) is 4.99 Å². The molecule has 14 heavy (non-hydrogen) atoms. The monoisotopic (exact) mass is 212 g/mol. The van der Waals surface area contributed by atoms with Gasteiger partial charge in [-0.05, 0) is 5.56 Å². The number of rotatable bonds is 1. The number of benzene rings is 1. The molecule has 1 unspecified atom stereocenters. The molecule has 1 aromatic carbocycles. The number of nitrogens with zero attached hydrogens (tertiary/aromatic N) is 1. The normalized spacial score (nSPS) is 24.9. The lowest BCUT2D eigenvalue weighted by atomic mass is 9.93. The van der Waals surface area contributed by atoms with Crippen LogP contribution < -0.4 is 5.32 Å². The van der Waals surface area contributed by atoms with Gasteiger partial charge in [0.2, 0.25) is 0 Å². The average Bonchev–Trinajstić information content (AvgIpc) is 2.20. The van der Waals surface area contributed by atoms with Crippen LogP contribution in [-0.4, -0.2) is 24.5 Å². The Labute approximate surface area is 89.3 Å². The minimum Gasteiger partial charge on any atom is -0.381 e. The fourth-order valence-corrected chi connectivity index (χ4v) is 1.47. The second-order valence-corrected chi connectivity index (χ2v) is 3.25. The van der Waals surface area contributed by atoms with Crippen LogP contribution in [0.3, 0.4) is 0 Å². The van der Waals surface area contributed by atoms with E-state index in [1.807, 2.05) is 30.3 Å². The van der Waals surface area contributed by atoms with E-state index in [1.54, 1.807) is 6.34 Å². The summed E-state index contributed by atoms with van der Waals surface area (Å²) in [6.45, 7) is 0.963. The summed E-state index contributed by atoms with van der Waals surface area (Å²) < 4.78 is 0. The van der Waals surface area contributed by atoms with E-state index in [4.69, 9.17) is 0 Å². The van der Waals surface area contributed by atoms with Gasteiger partial charge in [-0.3, -0.25) is 4.99 Å². The summed E-state index contributed by atoms with van der Waals surface area (Å²) in [6.07, 6.45) is 1.64. The standard InChI is InChI=1S/C10H12N2O.ClH/c13-10(6-11-8-12-7-10)9-4-2-1-3-5-9;/h1-5,8,13H,6-7H2,(H,11,12);1H. The third-order valence-electron chi connectivity index (χ3n) is 2.24. The zero-order chi connectivity index (χ0) is 9.15. The maximum Gasteiger partial charge on any atom is 0.126 e. The molecule has 1 aliphatic rings. The number of β-amino-alcohol motifs (C(OH)–C–C–N with tert-alkyl or cyclic N) is 1. The van der Waals surface area contributed by atoms with Gasteiger partial charge in [-0.15, -0.1) is 12.4 Å². The topological polar surface area (TPSA) is 44.6 Å². The number of aliphatic hydroxyl groups is 1. The highest BCUT2D eigenvalue weighted by atomic mass is 35.5. The number of nitrogens with one attached hydrogen (secondary N) is 1. The van der Waals surface area contributed by atoms with Crippen LogP contribution in [0.4, 0.5) is 0 Å². The van der Waals surface area contributed by atoms with E-state index in [-0.39, 0.29) is 12.4 Å². The molecule has 0 saturated carbocycles. The average molecular weight is 213 g/mol. The van der Waals surface area contributed by atoms with Crippen LogP contribution >= 0.6 is 12.4 Å². The molecule has 4 heteroatoms. The number of halogens is 1. The Morgan fingerprint density at radius 1 is 1.29 bits per heavy atom. The lowest BCUT2D eigenvalue weighted by molar-refractivity contribution is 0.0476. The molecule has 76 valence electrons. The van der Waals surface area contributed by atoms with Crippen LogP contribution in [0.25, 0.3) is 0 Å². The summed E-state index contributed by atoms with van der Waals surface area (Å²) in [5, 5.41) is 13.1. The Morgan fingerprint density at radius 3 is 2.57 bits per heavy atom. The molecule has 0 fully saturated rings. The summed E-state index contributed by atoms with van der Waals surface area (Å²) in [5.41, 5.74) is 0.0788. The van der Waals surface area contributed by atoms with E-state index in [2.05, 4.69) is 10.3 Å². The fraction of sp³-hybridized carbons (Fsp3) is 0.300. The van der Waals surface area contributed by atoms with Crippen LogP contribution in [0.2, 0.25) is 0 Å². The molecule has 0 spiro atoms. The first-order valence-electron chi connectivity index (χ1n) is 4.31. The quantitative estimate of drug-likeness (QED) is 0.728. The summed E-state index contributed by atoms with van der Waals surface area (Å²) in [4.78, 5) is 4.02. The third kappa shape index (κ3) is 2.05. The molecule has 1 atom stereocenters. The first kappa shape index (κ1) is 11.0. The molecule has 2 rings (SSSR count). The largest absolute Gasteiger partial charge is 0.381 e. The minimum absolute atomic E-state index is 0. The van der Waals surface area contributed by atoms with Crippen LogP contribution in [0, 0.1) is 0 Å². The van der Waals surface area contributed by atoms with Gasteiger partial charge in [0.25, 0.3) is 0 Å². The molecule has 1 aromatic rings. The van der Waals surface area contributed by atoms with Gasteiger partial charge in [-0.2, -0.15) is 0 Å². The van der Waals surface area contributed by atoms with Gasteiger partial charge in [0.15, 0.2) is 0 Å². The highest BCUT2D eigenvalue weighted by Gasteiger charge is 2.29. The Bertz CT molecular complexity index is 315. The lowest BCUT2D eigenvalue weighted by Crippen LogP contribution is -2.43. The van der Waals surface area contributed by atoms with E-state index >= 15 is 0 Å². The highest BCUT2D eigenvalue weighted by Crippen LogP contribution is 2.21. The Kier molecular flexibility index (Phi) is 3.49. The number of aliphatic imine (C=N–C) groups is 1. The van der Waals surface area contributed by atoms with E-state index in [0.29, 0.717) is 13.1 Å². The maximum absolute atomic E-state index is 10.2. The van der Waals surface area contributed by atoms with Gasteiger partial charge in [-0.1, -0.05) is 30.3 Å². The van der Waals surface area contributed by atoms with E-state index in [1.165, 1.54) is 0 Å². The van der Waals surface area contributed by atoms with Crippen molar-refractivity contribution in [3.8, 4) is 0 Å². The van der Waals surface area contributed by atoms with E-state index < -0.39 is 5.60 Å². The summed E-state index contributed by atoms with van der Waals surface area (Å²) in [7, 11) is 0. The zero-order valence-corrected chi connectivity index (χ0v) is 8.50. The SMILES string of the molecule is Cl.OC1(c2ccccc2)CN=CNC1. The molecule has 0 saturated heterocycles. The van der Waals surface area contributed by atoms with Crippen LogP contribution in [0.1, 0.15) is 5.56 Å². The predicted molar refractivity (Wildman–Crippen MR) is 58.9 cm³/mol. The van der Waals surface area contributed by atoms with E-state index in [9.17, 15) is 5.11 Å². The number of hydrogen-bond acceptors (Lipinski definition) is 3. The smallest absolute Gasteiger partial charge is 0.126 e. The molecule has 1 heterocycles. The second-order valence-electron chi connectivity index (χ2n) is 3.25. The molecule has 0 radical (unpaired) electrons. The number of hydrogen-bond donors (Lipinski definition) is 2. The first-order chi connectivity index (χ1) is 6.31. The maximum atomic E-state index is 10.2. The molecule has 1 aliphatic heterocycles. The molecule has 0 aliphatic carbocycles. The van der Waals surface area contributed by atoms with Crippen LogP contribution in [0.5, 0.6) is 0 Å². The van der Waals surface area contributed by atoms with E-state index in [0.717, 1.165) is 5.56 Å². The summed E-state index contributed by atoms with van der Waals surface area (Å²) in [6, 6.07) is 9.62. The molecule has 0 amide bonds. The molecule has 0 aromatic heterocycles. The van der Waals surface area contributed by atoms with Crippen molar-refractivity contribution in [1.29, 1.82) is 0 Å². The van der Waals surface area contributed by atoms with Crippen molar-refractivity contribution in [3.63, 3.8) is 0 Å². The van der Waals surface area contributed by atoms with Crippen molar-refractivity contribution in [1.82, 2.24) is 5.32 Å². The van der Waals surface area contributed by atoms with Gasteiger partial charge in [0, 0.05) is 0 Å².